The highest BCUT2D eigenvalue weighted by Crippen LogP contribution is 2.23. The summed E-state index contributed by atoms with van der Waals surface area (Å²) in [5, 5.41) is 9.49. The van der Waals surface area contributed by atoms with Crippen molar-refractivity contribution < 1.29 is 5.11 Å². The third kappa shape index (κ3) is 3.91. The lowest BCUT2D eigenvalue weighted by Crippen LogP contribution is -2.37. The normalized spacial score (nSPS) is 18.9. The van der Waals surface area contributed by atoms with Crippen molar-refractivity contribution in [3.8, 4) is 0 Å². The zero-order valence-electron chi connectivity index (χ0n) is 12.2. The fourth-order valence-corrected chi connectivity index (χ4v) is 2.69. The van der Waals surface area contributed by atoms with Crippen molar-refractivity contribution in [1.82, 2.24) is 9.88 Å². The van der Waals surface area contributed by atoms with Gasteiger partial charge < -0.3 is 14.9 Å². The van der Waals surface area contributed by atoms with Crippen LogP contribution in [0.2, 0.25) is 0 Å². The molecule has 4 heteroatoms. The van der Waals surface area contributed by atoms with Crippen LogP contribution in [0.3, 0.4) is 0 Å². The highest BCUT2D eigenvalue weighted by molar-refractivity contribution is 5.40. The second-order valence-corrected chi connectivity index (χ2v) is 5.82. The molecular formula is C15H25N3O. The molecule has 0 saturated carbocycles. The molecule has 0 bridgehead atoms. The first-order valence-corrected chi connectivity index (χ1v) is 7.10. The molecule has 1 aromatic heterocycles. The third-order valence-electron chi connectivity index (χ3n) is 3.82. The van der Waals surface area contributed by atoms with Gasteiger partial charge in [-0.25, -0.2) is 4.98 Å². The summed E-state index contributed by atoms with van der Waals surface area (Å²) >= 11 is 0. The van der Waals surface area contributed by atoms with Crippen molar-refractivity contribution in [3.05, 3.63) is 23.9 Å². The predicted octanol–water partition coefficient (Wildman–Crippen LogP) is 1.91. The number of anilines is 1. The van der Waals surface area contributed by atoms with Crippen LogP contribution in [0.4, 0.5) is 5.82 Å². The number of aliphatic hydroxyl groups excluding tert-OH is 1. The Morgan fingerprint density at radius 3 is 2.53 bits per heavy atom. The van der Waals surface area contributed by atoms with Gasteiger partial charge in [-0.15, -0.1) is 0 Å². The van der Waals surface area contributed by atoms with Gasteiger partial charge in [0.25, 0.3) is 0 Å². The number of hydrogen-bond donors (Lipinski definition) is 1. The summed E-state index contributed by atoms with van der Waals surface area (Å²) in [6.45, 7) is 5.12. The number of piperidine rings is 1. The first kappa shape index (κ1) is 14.3. The average molecular weight is 263 g/mol. The summed E-state index contributed by atoms with van der Waals surface area (Å²) < 4.78 is 0. The molecule has 0 aliphatic carbocycles. The summed E-state index contributed by atoms with van der Waals surface area (Å²) in [6.07, 6.45) is 3.81. The summed E-state index contributed by atoms with van der Waals surface area (Å²) in [5.74, 6) is 1.84. The van der Waals surface area contributed by atoms with E-state index in [9.17, 15) is 5.11 Å². The number of hydrogen-bond acceptors (Lipinski definition) is 4. The van der Waals surface area contributed by atoms with Crippen molar-refractivity contribution in [1.29, 1.82) is 0 Å². The van der Waals surface area contributed by atoms with E-state index in [4.69, 9.17) is 0 Å². The molecule has 1 aliphatic rings. The Morgan fingerprint density at radius 2 is 2.05 bits per heavy atom. The predicted molar refractivity (Wildman–Crippen MR) is 78.4 cm³/mol. The van der Waals surface area contributed by atoms with Crippen LogP contribution in [0.15, 0.2) is 18.3 Å². The Kier molecular flexibility index (Phi) is 4.77. The molecule has 2 heterocycles. The highest BCUT2D eigenvalue weighted by Gasteiger charge is 2.20. The van der Waals surface area contributed by atoms with Gasteiger partial charge in [-0.3, -0.25) is 0 Å². The lowest BCUT2D eigenvalue weighted by molar-refractivity contribution is 0.199. The van der Waals surface area contributed by atoms with E-state index in [-0.39, 0.29) is 0 Å². The van der Waals surface area contributed by atoms with E-state index in [1.807, 2.05) is 12.1 Å². The number of aromatic nitrogens is 1. The fraction of sp³-hybridized carbons (Fsp3) is 0.667. The molecule has 1 fully saturated rings. The first-order chi connectivity index (χ1) is 9.06. The number of rotatable bonds is 4. The molecule has 1 atom stereocenters. The van der Waals surface area contributed by atoms with Gasteiger partial charge in [0.1, 0.15) is 5.82 Å². The largest absolute Gasteiger partial charge is 0.389 e. The van der Waals surface area contributed by atoms with Crippen LogP contribution in [0.1, 0.15) is 31.4 Å². The summed E-state index contributed by atoms with van der Waals surface area (Å²) in [5.41, 5.74) is 0.881. The number of nitrogens with zero attached hydrogens (tertiary/aromatic N) is 3. The fourth-order valence-electron chi connectivity index (χ4n) is 2.69. The minimum absolute atomic E-state index is 0.438. The van der Waals surface area contributed by atoms with Crippen LogP contribution >= 0.6 is 0 Å². The Hall–Kier alpha value is -1.13. The van der Waals surface area contributed by atoms with Crippen LogP contribution < -0.4 is 4.90 Å². The Morgan fingerprint density at radius 1 is 1.37 bits per heavy atom. The van der Waals surface area contributed by atoms with Crippen molar-refractivity contribution >= 4 is 5.82 Å². The second kappa shape index (κ2) is 6.35. The molecule has 1 unspecified atom stereocenters. The summed E-state index contributed by atoms with van der Waals surface area (Å²) in [6, 6.07) is 3.99. The van der Waals surface area contributed by atoms with Gasteiger partial charge in [0.05, 0.1) is 6.10 Å². The van der Waals surface area contributed by atoms with E-state index in [0.29, 0.717) is 0 Å². The van der Waals surface area contributed by atoms with Crippen LogP contribution in [0, 0.1) is 5.92 Å². The van der Waals surface area contributed by atoms with Crippen molar-refractivity contribution in [3.63, 3.8) is 0 Å². The van der Waals surface area contributed by atoms with Crippen LogP contribution in [-0.2, 0) is 0 Å². The van der Waals surface area contributed by atoms with Gasteiger partial charge in [-0.1, -0.05) is 6.07 Å². The molecular weight excluding hydrogens is 238 g/mol. The van der Waals surface area contributed by atoms with Crippen LogP contribution in [0.25, 0.3) is 0 Å². The lowest BCUT2D eigenvalue weighted by atomic mass is 9.96. The SMILES string of the molecule is CC(O)c1ccc(N2CCC(CN(C)C)CC2)nc1. The molecule has 1 aromatic rings. The summed E-state index contributed by atoms with van der Waals surface area (Å²) in [4.78, 5) is 9.08. The molecule has 0 radical (unpaired) electrons. The third-order valence-corrected chi connectivity index (χ3v) is 3.82. The van der Waals surface area contributed by atoms with Crippen molar-refractivity contribution in [2.45, 2.75) is 25.9 Å². The smallest absolute Gasteiger partial charge is 0.128 e. The van der Waals surface area contributed by atoms with Gasteiger partial charge in [-0.2, -0.15) is 0 Å². The van der Waals surface area contributed by atoms with Crippen molar-refractivity contribution in [2.75, 3.05) is 38.6 Å². The van der Waals surface area contributed by atoms with Crippen LogP contribution in [0.5, 0.6) is 0 Å². The maximum Gasteiger partial charge on any atom is 0.128 e. The molecule has 19 heavy (non-hydrogen) atoms. The Labute approximate surface area is 116 Å². The van der Waals surface area contributed by atoms with Gasteiger partial charge in [0, 0.05) is 25.8 Å². The van der Waals surface area contributed by atoms with E-state index < -0.39 is 6.10 Å². The number of pyridine rings is 1. The van der Waals surface area contributed by atoms with Gasteiger partial charge in [0.15, 0.2) is 0 Å². The van der Waals surface area contributed by atoms with E-state index >= 15 is 0 Å². The van der Waals surface area contributed by atoms with E-state index in [1.165, 1.54) is 19.4 Å². The lowest BCUT2D eigenvalue weighted by Gasteiger charge is -2.34. The zero-order valence-corrected chi connectivity index (χ0v) is 12.2. The average Bonchev–Trinajstić information content (AvgIpc) is 2.39. The molecule has 0 amide bonds. The molecule has 106 valence electrons. The molecule has 0 aromatic carbocycles. The topological polar surface area (TPSA) is 39.6 Å². The standard InChI is InChI=1S/C15H25N3O/c1-12(19)14-4-5-15(16-10-14)18-8-6-13(7-9-18)11-17(2)3/h4-5,10,12-13,19H,6-9,11H2,1-3H3. The minimum atomic E-state index is -0.438. The zero-order chi connectivity index (χ0) is 13.8. The second-order valence-electron chi connectivity index (χ2n) is 5.82. The van der Waals surface area contributed by atoms with E-state index in [2.05, 4.69) is 28.9 Å². The highest BCUT2D eigenvalue weighted by atomic mass is 16.3. The number of aliphatic hydroxyl groups is 1. The van der Waals surface area contributed by atoms with Gasteiger partial charge in [-0.05, 0) is 51.4 Å². The maximum absolute atomic E-state index is 9.49. The van der Waals surface area contributed by atoms with E-state index in [0.717, 1.165) is 30.4 Å². The molecule has 4 nitrogen and oxygen atoms in total. The minimum Gasteiger partial charge on any atom is -0.389 e. The van der Waals surface area contributed by atoms with Crippen LogP contribution in [-0.4, -0.2) is 48.7 Å². The molecule has 1 aliphatic heterocycles. The first-order valence-electron chi connectivity index (χ1n) is 7.10. The molecule has 1 N–H and O–H groups in total. The van der Waals surface area contributed by atoms with E-state index in [1.54, 1.807) is 13.1 Å². The van der Waals surface area contributed by atoms with Crippen molar-refractivity contribution in [2.24, 2.45) is 5.92 Å². The quantitative estimate of drug-likeness (QED) is 0.901. The summed E-state index contributed by atoms with van der Waals surface area (Å²) in [7, 11) is 4.28. The molecule has 1 saturated heterocycles. The molecule has 0 spiro atoms. The van der Waals surface area contributed by atoms with Gasteiger partial charge >= 0.3 is 0 Å². The molecule has 2 rings (SSSR count). The Bertz CT molecular complexity index is 381. The van der Waals surface area contributed by atoms with Gasteiger partial charge in [0.2, 0.25) is 0 Å². The monoisotopic (exact) mass is 263 g/mol. The Balaban J connectivity index is 1.90. The maximum atomic E-state index is 9.49.